The molecule has 19 heavy (non-hydrogen) atoms. The minimum Gasteiger partial charge on any atom is -0.488 e. The summed E-state index contributed by atoms with van der Waals surface area (Å²) in [5.41, 5.74) is 0.970. The van der Waals surface area contributed by atoms with Crippen molar-refractivity contribution in [1.29, 1.82) is 0 Å². The molecular weight excluding hydrogens is 245 g/mol. The van der Waals surface area contributed by atoms with Gasteiger partial charge >= 0.3 is 0 Å². The molecule has 1 aliphatic rings. The van der Waals surface area contributed by atoms with Crippen LogP contribution in [0.15, 0.2) is 18.2 Å². The Bertz CT molecular complexity index is 398. The Morgan fingerprint density at radius 3 is 3.16 bits per heavy atom. The Labute approximate surface area is 114 Å². The highest BCUT2D eigenvalue weighted by Gasteiger charge is 2.22. The Kier molecular flexibility index (Phi) is 5.61. The standard InChI is InChI=1S/C15H22FNO2/c1-2-7-18-8-3-6-17-11-14-10-12-9-13(16)4-5-15(12)19-14/h4-5,9,14,17H,2-3,6-8,10-11H2,1H3. The monoisotopic (exact) mass is 267 g/mol. The van der Waals surface area contributed by atoms with Gasteiger partial charge in [-0.25, -0.2) is 4.39 Å². The zero-order chi connectivity index (χ0) is 13.5. The van der Waals surface area contributed by atoms with E-state index in [0.29, 0.717) is 0 Å². The van der Waals surface area contributed by atoms with Crippen molar-refractivity contribution in [1.82, 2.24) is 5.32 Å². The molecule has 2 rings (SSSR count). The second-order valence-electron chi connectivity index (χ2n) is 4.87. The smallest absolute Gasteiger partial charge is 0.123 e. The van der Waals surface area contributed by atoms with Gasteiger partial charge in [-0.3, -0.25) is 0 Å². The second kappa shape index (κ2) is 7.46. The molecule has 1 N–H and O–H groups in total. The topological polar surface area (TPSA) is 30.5 Å². The molecule has 0 aromatic heterocycles. The van der Waals surface area contributed by atoms with Crippen molar-refractivity contribution < 1.29 is 13.9 Å². The first-order chi connectivity index (χ1) is 9.29. The lowest BCUT2D eigenvalue weighted by Crippen LogP contribution is -2.31. The Morgan fingerprint density at radius 2 is 2.32 bits per heavy atom. The summed E-state index contributed by atoms with van der Waals surface area (Å²) < 4.78 is 24.2. The van der Waals surface area contributed by atoms with Crippen LogP contribution in [0.4, 0.5) is 4.39 Å². The Hall–Kier alpha value is -1.13. The van der Waals surface area contributed by atoms with Gasteiger partial charge in [0.15, 0.2) is 0 Å². The van der Waals surface area contributed by atoms with Crippen LogP contribution in [-0.4, -0.2) is 32.4 Å². The molecule has 0 saturated carbocycles. The third-order valence-corrected chi connectivity index (χ3v) is 3.13. The van der Waals surface area contributed by atoms with Crippen molar-refractivity contribution in [3.8, 4) is 5.75 Å². The number of hydrogen-bond donors (Lipinski definition) is 1. The Morgan fingerprint density at radius 1 is 1.42 bits per heavy atom. The van der Waals surface area contributed by atoms with Crippen LogP contribution in [0.25, 0.3) is 0 Å². The van der Waals surface area contributed by atoms with E-state index >= 15 is 0 Å². The van der Waals surface area contributed by atoms with Gasteiger partial charge in [0.2, 0.25) is 0 Å². The molecule has 0 radical (unpaired) electrons. The zero-order valence-electron chi connectivity index (χ0n) is 11.5. The van der Waals surface area contributed by atoms with Crippen molar-refractivity contribution in [2.45, 2.75) is 32.3 Å². The van der Waals surface area contributed by atoms with Crippen molar-refractivity contribution >= 4 is 0 Å². The molecule has 106 valence electrons. The second-order valence-corrected chi connectivity index (χ2v) is 4.87. The fraction of sp³-hybridized carbons (Fsp3) is 0.600. The number of halogens is 1. The predicted octanol–water partition coefficient (Wildman–Crippen LogP) is 2.54. The number of fused-ring (bicyclic) bond motifs is 1. The largest absolute Gasteiger partial charge is 0.488 e. The van der Waals surface area contributed by atoms with E-state index in [0.717, 1.165) is 56.9 Å². The molecule has 3 nitrogen and oxygen atoms in total. The normalized spacial score (nSPS) is 17.3. The van der Waals surface area contributed by atoms with Gasteiger partial charge in [0.05, 0.1) is 0 Å². The van der Waals surface area contributed by atoms with Crippen LogP contribution < -0.4 is 10.1 Å². The summed E-state index contributed by atoms with van der Waals surface area (Å²) in [5.74, 6) is 0.628. The van der Waals surface area contributed by atoms with Gasteiger partial charge in [0.1, 0.15) is 17.7 Å². The molecule has 0 fully saturated rings. The lowest BCUT2D eigenvalue weighted by molar-refractivity contribution is 0.131. The quantitative estimate of drug-likeness (QED) is 0.734. The highest BCUT2D eigenvalue weighted by molar-refractivity contribution is 5.37. The number of rotatable bonds is 8. The summed E-state index contributed by atoms with van der Waals surface area (Å²) >= 11 is 0. The van der Waals surface area contributed by atoms with E-state index in [1.54, 1.807) is 12.1 Å². The van der Waals surface area contributed by atoms with Gasteiger partial charge in [-0.05, 0) is 37.6 Å². The van der Waals surface area contributed by atoms with E-state index in [1.807, 2.05) is 0 Å². The van der Waals surface area contributed by atoms with Gasteiger partial charge in [-0.2, -0.15) is 0 Å². The van der Waals surface area contributed by atoms with Crippen LogP contribution in [0.2, 0.25) is 0 Å². The number of ether oxygens (including phenoxy) is 2. The van der Waals surface area contributed by atoms with Crippen LogP contribution in [0.1, 0.15) is 25.3 Å². The maximum atomic E-state index is 13.1. The van der Waals surface area contributed by atoms with Crippen LogP contribution in [-0.2, 0) is 11.2 Å². The fourth-order valence-electron chi connectivity index (χ4n) is 2.21. The predicted molar refractivity (Wildman–Crippen MR) is 73.1 cm³/mol. The molecule has 1 unspecified atom stereocenters. The van der Waals surface area contributed by atoms with E-state index in [4.69, 9.17) is 9.47 Å². The molecule has 1 aromatic carbocycles. The van der Waals surface area contributed by atoms with E-state index < -0.39 is 0 Å². The maximum Gasteiger partial charge on any atom is 0.123 e. The van der Waals surface area contributed by atoms with E-state index in [2.05, 4.69) is 12.2 Å². The minimum atomic E-state index is -0.191. The molecule has 0 aliphatic carbocycles. The van der Waals surface area contributed by atoms with Crippen LogP contribution in [0, 0.1) is 5.82 Å². The molecule has 4 heteroatoms. The summed E-state index contributed by atoms with van der Waals surface area (Å²) in [6.07, 6.45) is 2.98. The molecule has 1 atom stereocenters. The molecule has 1 aliphatic heterocycles. The van der Waals surface area contributed by atoms with Crippen molar-refractivity contribution in [3.05, 3.63) is 29.6 Å². The first kappa shape index (κ1) is 14.3. The first-order valence-corrected chi connectivity index (χ1v) is 7.03. The lowest BCUT2D eigenvalue weighted by atomic mass is 10.1. The molecule has 0 bridgehead atoms. The van der Waals surface area contributed by atoms with Crippen LogP contribution in [0.5, 0.6) is 5.75 Å². The molecular formula is C15H22FNO2. The Balaban J connectivity index is 1.59. The van der Waals surface area contributed by atoms with Gasteiger partial charge in [0.25, 0.3) is 0 Å². The van der Waals surface area contributed by atoms with E-state index in [-0.39, 0.29) is 11.9 Å². The molecule has 1 aromatic rings. The number of benzene rings is 1. The average Bonchev–Trinajstić information content (AvgIpc) is 2.79. The zero-order valence-corrected chi connectivity index (χ0v) is 11.5. The van der Waals surface area contributed by atoms with E-state index in [1.165, 1.54) is 6.07 Å². The fourth-order valence-corrected chi connectivity index (χ4v) is 2.21. The van der Waals surface area contributed by atoms with Gasteiger partial charge < -0.3 is 14.8 Å². The summed E-state index contributed by atoms with van der Waals surface area (Å²) in [6, 6.07) is 4.72. The van der Waals surface area contributed by atoms with Gasteiger partial charge in [-0.1, -0.05) is 6.92 Å². The highest BCUT2D eigenvalue weighted by Crippen LogP contribution is 2.28. The molecule has 0 amide bonds. The summed E-state index contributed by atoms with van der Waals surface area (Å²) in [5, 5.41) is 3.35. The lowest BCUT2D eigenvalue weighted by Gasteiger charge is -2.11. The number of hydrogen-bond acceptors (Lipinski definition) is 3. The minimum absolute atomic E-state index is 0.119. The van der Waals surface area contributed by atoms with E-state index in [9.17, 15) is 4.39 Å². The maximum absolute atomic E-state index is 13.1. The first-order valence-electron chi connectivity index (χ1n) is 7.03. The third kappa shape index (κ3) is 4.48. The average molecular weight is 267 g/mol. The molecule has 0 saturated heterocycles. The van der Waals surface area contributed by atoms with Crippen LogP contribution >= 0.6 is 0 Å². The van der Waals surface area contributed by atoms with Crippen molar-refractivity contribution in [2.75, 3.05) is 26.3 Å². The number of nitrogens with one attached hydrogen (secondary N) is 1. The van der Waals surface area contributed by atoms with Gasteiger partial charge in [-0.15, -0.1) is 0 Å². The SMILES string of the molecule is CCCOCCCNCC1Cc2cc(F)ccc2O1. The molecule has 0 spiro atoms. The third-order valence-electron chi connectivity index (χ3n) is 3.13. The van der Waals surface area contributed by atoms with Crippen molar-refractivity contribution in [3.63, 3.8) is 0 Å². The summed E-state index contributed by atoms with van der Waals surface area (Å²) in [4.78, 5) is 0. The summed E-state index contributed by atoms with van der Waals surface area (Å²) in [7, 11) is 0. The highest BCUT2D eigenvalue weighted by atomic mass is 19.1. The van der Waals surface area contributed by atoms with Crippen molar-refractivity contribution in [2.24, 2.45) is 0 Å². The van der Waals surface area contributed by atoms with Crippen LogP contribution in [0.3, 0.4) is 0 Å². The molecule has 1 heterocycles. The summed E-state index contributed by atoms with van der Waals surface area (Å²) in [6.45, 7) is 5.47. The van der Waals surface area contributed by atoms with Gasteiger partial charge in [0, 0.05) is 31.7 Å².